The monoisotopic (exact) mass is 413 g/mol. The summed E-state index contributed by atoms with van der Waals surface area (Å²) < 4.78 is 28.6. The van der Waals surface area contributed by atoms with Crippen molar-refractivity contribution in [3.63, 3.8) is 0 Å². The van der Waals surface area contributed by atoms with Gasteiger partial charge in [-0.3, -0.25) is 14.2 Å². The Kier molecular flexibility index (Phi) is 4.81. The Balaban J connectivity index is 1.77. The van der Waals surface area contributed by atoms with Crippen molar-refractivity contribution in [2.45, 2.75) is 6.54 Å². The molecule has 2 heterocycles. The number of benzene rings is 2. The molecule has 2 aromatic heterocycles. The van der Waals surface area contributed by atoms with E-state index in [-0.39, 0.29) is 12.2 Å². The first-order valence-electron chi connectivity index (χ1n) is 8.48. The van der Waals surface area contributed by atoms with Gasteiger partial charge in [0.1, 0.15) is 22.9 Å². The van der Waals surface area contributed by atoms with Gasteiger partial charge in [0, 0.05) is 5.69 Å². The molecule has 29 heavy (non-hydrogen) atoms. The fourth-order valence-corrected chi connectivity index (χ4v) is 3.76. The zero-order chi connectivity index (χ0) is 20.5. The first kappa shape index (κ1) is 18.8. The number of rotatable bonds is 4. The lowest BCUT2D eigenvalue weighted by Crippen LogP contribution is -2.40. The van der Waals surface area contributed by atoms with Gasteiger partial charge in [-0.15, -0.1) is 11.3 Å². The Morgan fingerprint density at radius 3 is 2.21 bits per heavy atom. The molecule has 0 aliphatic carbocycles. The Hall–Kier alpha value is -3.59. The van der Waals surface area contributed by atoms with E-state index in [0.29, 0.717) is 15.9 Å². The molecule has 0 saturated heterocycles. The predicted molar refractivity (Wildman–Crippen MR) is 107 cm³/mol. The molecule has 0 spiro atoms. The smallest absolute Gasteiger partial charge is 0.325 e. The lowest BCUT2D eigenvalue weighted by Gasteiger charge is -2.12. The molecule has 0 aliphatic rings. The van der Waals surface area contributed by atoms with E-state index in [9.17, 15) is 23.2 Å². The molecule has 0 unspecified atom stereocenters. The SMILES string of the molecule is O=C(Cn1c(=O)n(-c2ccc(F)cc2)c(=O)c2sccc21)Nc1ccc(F)cc1. The van der Waals surface area contributed by atoms with Crippen LogP contribution in [-0.4, -0.2) is 15.0 Å². The van der Waals surface area contributed by atoms with Gasteiger partial charge in [-0.2, -0.15) is 0 Å². The van der Waals surface area contributed by atoms with Crippen molar-refractivity contribution in [3.8, 4) is 5.69 Å². The third kappa shape index (κ3) is 3.59. The van der Waals surface area contributed by atoms with Crippen LogP contribution in [-0.2, 0) is 11.3 Å². The fraction of sp³-hybridized carbons (Fsp3) is 0.0500. The van der Waals surface area contributed by atoms with E-state index in [1.165, 1.54) is 41.0 Å². The highest BCUT2D eigenvalue weighted by atomic mass is 32.1. The van der Waals surface area contributed by atoms with Gasteiger partial charge in [0.15, 0.2) is 0 Å². The van der Waals surface area contributed by atoms with Crippen LogP contribution in [0.25, 0.3) is 15.9 Å². The molecular formula is C20H13F2N3O3S. The second-order valence-electron chi connectivity index (χ2n) is 6.18. The van der Waals surface area contributed by atoms with Crippen LogP contribution in [0.4, 0.5) is 14.5 Å². The summed E-state index contributed by atoms with van der Waals surface area (Å²) in [7, 11) is 0. The number of fused-ring (bicyclic) bond motifs is 1. The van der Waals surface area contributed by atoms with Gasteiger partial charge in [0.05, 0.1) is 11.2 Å². The highest BCUT2D eigenvalue weighted by Crippen LogP contribution is 2.17. The average Bonchev–Trinajstić information content (AvgIpc) is 3.19. The van der Waals surface area contributed by atoms with Gasteiger partial charge in [0.25, 0.3) is 5.56 Å². The molecule has 0 saturated carbocycles. The van der Waals surface area contributed by atoms with Crippen molar-refractivity contribution in [1.82, 2.24) is 9.13 Å². The lowest BCUT2D eigenvalue weighted by atomic mass is 10.3. The molecular weight excluding hydrogens is 400 g/mol. The number of carbonyl (C=O) groups is 1. The van der Waals surface area contributed by atoms with Crippen LogP contribution in [0.5, 0.6) is 0 Å². The zero-order valence-electron chi connectivity index (χ0n) is 14.8. The molecule has 9 heteroatoms. The van der Waals surface area contributed by atoms with Crippen LogP contribution >= 0.6 is 11.3 Å². The molecule has 4 aromatic rings. The molecule has 0 fully saturated rings. The van der Waals surface area contributed by atoms with Crippen LogP contribution in [0.3, 0.4) is 0 Å². The minimum absolute atomic E-state index is 0.199. The van der Waals surface area contributed by atoms with Gasteiger partial charge >= 0.3 is 5.69 Å². The summed E-state index contributed by atoms with van der Waals surface area (Å²) in [5.74, 6) is -1.46. The molecule has 0 radical (unpaired) electrons. The van der Waals surface area contributed by atoms with Crippen LogP contribution in [0, 0.1) is 11.6 Å². The minimum atomic E-state index is -0.721. The largest absolute Gasteiger partial charge is 0.336 e. The number of nitrogens with zero attached hydrogens (tertiary/aromatic N) is 2. The second kappa shape index (κ2) is 7.44. The number of aromatic nitrogens is 2. The number of hydrogen-bond donors (Lipinski definition) is 1. The number of nitrogens with one attached hydrogen (secondary N) is 1. The van der Waals surface area contributed by atoms with Crippen LogP contribution in [0.15, 0.2) is 69.6 Å². The van der Waals surface area contributed by atoms with Crippen molar-refractivity contribution in [3.05, 3.63) is 92.4 Å². The zero-order valence-corrected chi connectivity index (χ0v) is 15.6. The van der Waals surface area contributed by atoms with Crippen molar-refractivity contribution in [2.24, 2.45) is 0 Å². The fourth-order valence-electron chi connectivity index (χ4n) is 2.94. The number of halogens is 2. The highest BCUT2D eigenvalue weighted by molar-refractivity contribution is 7.17. The van der Waals surface area contributed by atoms with Crippen LogP contribution < -0.4 is 16.6 Å². The maximum Gasteiger partial charge on any atom is 0.336 e. The maximum absolute atomic E-state index is 13.2. The summed E-state index contributed by atoms with van der Waals surface area (Å²) in [5, 5.41) is 4.23. The van der Waals surface area contributed by atoms with E-state index >= 15 is 0 Å². The van der Waals surface area contributed by atoms with Crippen LogP contribution in [0.2, 0.25) is 0 Å². The molecule has 0 bridgehead atoms. The van der Waals surface area contributed by atoms with Gasteiger partial charge < -0.3 is 5.32 Å². The molecule has 0 atom stereocenters. The van der Waals surface area contributed by atoms with Crippen molar-refractivity contribution < 1.29 is 13.6 Å². The number of thiophene rings is 1. The molecule has 0 aliphatic heterocycles. The maximum atomic E-state index is 13.2. The van der Waals surface area contributed by atoms with Crippen molar-refractivity contribution >= 4 is 33.1 Å². The van der Waals surface area contributed by atoms with E-state index in [1.807, 2.05) is 0 Å². The van der Waals surface area contributed by atoms with E-state index in [0.717, 1.165) is 28.0 Å². The Morgan fingerprint density at radius 1 is 0.931 bits per heavy atom. The molecule has 1 N–H and O–H groups in total. The van der Waals surface area contributed by atoms with E-state index < -0.39 is 28.8 Å². The van der Waals surface area contributed by atoms with Gasteiger partial charge in [-0.1, -0.05) is 0 Å². The molecule has 6 nitrogen and oxygen atoms in total. The quantitative estimate of drug-likeness (QED) is 0.559. The number of hydrogen-bond acceptors (Lipinski definition) is 4. The van der Waals surface area contributed by atoms with E-state index in [4.69, 9.17) is 0 Å². The lowest BCUT2D eigenvalue weighted by molar-refractivity contribution is -0.116. The summed E-state index contributed by atoms with van der Waals surface area (Å²) in [6.07, 6.45) is 0. The molecule has 146 valence electrons. The predicted octanol–water partition coefficient (Wildman–Crippen LogP) is 3.13. The normalized spacial score (nSPS) is 11.0. The average molecular weight is 413 g/mol. The highest BCUT2D eigenvalue weighted by Gasteiger charge is 2.17. The summed E-state index contributed by atoms with van der Waals surface area (Å²) in [6.45, 7) is -0.356. The Labute approximate surface area is 166 Å². The Bertz CT molecular complexity index is 1320. The van der Waals surface area contributed by atoms with Gasteiger partial charge in [-0.25, -0.2) is 18.1 Å². The third-order valence-electron chi connectivity index (χ3n) is 4.27. The van der Waals surface area contributed by atoms with Crippen molar-refractivity contribution in [2.75, 3.05) is 5.32 Å². The summed E-state index contributed by atoms with van der Waals surface area (Å²) >= 11 is 1.14. The van der Waals surface area contributed by atoms with E-state index in [2.05, 4.69) is 5.32 Å². The minimum Gasteiger partial charge on any atom is -0.325 e. The topological polar surface area (TPSA) is 73.1 Å². The first-order chi connectivity index (χ1) is 13.9. The standard InChI is InChI=1S/C20H13F2N3O3S/c21-12-1-5-14(6-2-12)23-17(26)11-24-16-9-10-29-18(16)19(27)25(20(24)28)15-7-3-13(22)4-8-15/h1-10H,11H2,(H,23,26). The van der Waals surface area contributed by atoms with Gasteiger partial charge in [-0.05, 0) is 60.0 Å². The first-order valence-corrected chi connectivity index (χ1v) is 9.36. The molecule has 4 rings (SSSR count). The van der Waals surface area contributed by atoms with Gasteiger partial charge in [0.2, 0.25) is 5.91 Å². The number of amides is 1. The number of anilines is 1. The van der Waals surface area contributed by atoms with Crippen molar-refractivity contribution in [1.29, 1.82) is 0 Å². The molecule has 2 aromatic carbocycles. The summed E-state index contributed by atoms with van der Waals surface area (Å²) in [5.41, 5.74) is -0.358. The van der Waals surface area contributed by atoms with E-state index in [1.54, 1.807) is 11.4 Å². The Morgan fingerprint density at radius 2 is 1.55 bits per heavy atom. The number of carbonyl (C=O) groups excluding carboxylic acids is 1. The summed E-state index contributed by atoms with van der Waals surface area (Å²) in [4.78, 5) is 38.3. The van der Waals surface area contributed by atoms with Crippen LogP contribution in [0.1, 0.15) is 0 Å². The third-order valence-corrected chi connectivity index (χ3v) is 5.16. The summed E-state index contributed by atoms with van der Waals surface area (Å²) in [6, 6.07) is 11.7. The molecule has 1 amide bonds. The second-order valence-corrected chi connectivity index (χ2v) is 7.09.